The maximum Gasteiger partial charge on any atom is 0.115 e. The van der Waals surface area contributed by atoms with Crippen LogP contribution in [0.15, 0.2) is 24.3 Å². The normalized spacial score (nSPS) is 12.7. The van der Waals surface area contributed by atoms with Crippen LogP contribution in [-0.4, -0.2) is 24.4 Å². The SMILES string of the molecule is CCOC[C@@H](N)Cc1ccc(O)cc1. The lowest BCUT2D eigenvalue weighted by atomic mass is 10.1. The molecule has 0 aliphatic carbocycles. The molecule has 14 heavy (non-hydrogen) atoms. The van der Waals surface area contributed by atoms with Gasteiger partial charge in [0, 0.05) is 12.6 Å². The van der Waals surface area contributed by atoms with Crippen LogP contribution in [0.5, 0.6) is 5.75 Å². The maximum absolute atomic E-state index is 9.08. The van der Waals surface area contributed by atoms with E-state index in [-0.39, 0.29) is 11.8 Å². The highest BCUT2D eigenvalue weighted by molar-refractivity contribution is 5.26. The number of rotatable bonds is 5. The monoisotopic (exact) mass is 195 g/mol. The smallest absolute Gasteiger partial charge is 0.115 e. The van der Waals surface area contributed by atoms with Crippen molar-refractivity contribution in [3.05, 3.63) is 29.8 Å². The van der Waals surface area contributed by atoms with Gasteiger partial charge in [-0.2, -0.15) is 0 Å². The Labute approximate surface area is 84.5 Å². The molecule has 0 heterocycles. The van der Waals surface area contributed by atoms with Crippen LogP contribution in [0.1, 0.15) is 12.5 Å². The van der Waals surface area contributed by atoms with Crippen molar-refractivity contribution in [1.82, 2.24) is 0 Å². The van der Waals surface area contributed by atoms with E-state index in [1.165, 1.54) is 0 Å². The number of hydrogen-bond donors (Lipinski definition) is 2. The largest absolute Gasteiger partial charge is 0.508 e. The van der Waals surface area contributed by atoms with Crippen LogP contribution < -0.4 is 5.73 Å². The lowest BCUT2D eigenvalue weighted by molar-refractivity contribution is 0.133. The highest BCUT2D eigenvalue weighted by Gasteiger charge is 2.03. The fourth-order valence-electron chi connectivity index (χ4n) is 1.26. The summed E-state index contributed by atoms with van der Waals surface area (Å²) in [5, 5.41) is 9.08. The number of hydrogen-bond acceptors (Lipinski definition) is 3. The molecule has 0 spiro atoms. The van der Waals surface area contributed by atoms with Crippen LogP contribution in [0.4, 0.5) is 0 Å². The minimum absolute atomic E-state index is 0.0273. The van der Waals surface area contributed by atoms with Gasteiger partial charge in [0.05, 0.1) is 6.61 Å². The van der Waals surface area contributed by atoms with E-state index in [1.54, 1.807) is 12.1 Å². The number of phenolic OH excluding ortho intramolecular Hbond substituents is 1. The van der Waals surface area contributed by atoms with E-state index in [9.17, 15) is 0 Å². The molecular weight excluding hydrogens is 178 g/mol. The summed E-state index contributed by atoms with van der Waals surface area (Å²) in [7, 11) is 0. The first-order chi connectivity index (χ1) is 6.72. The quantitative estimate of drug-likeness (QED) is 0.744. The standard InChI is InChI=1S/C11H17NO2/c1-2-14-8-10(12)7-9-3-5-11(13)6-4-9/h3-6,10,13H,2,7-8,12H2,1H3/t10-/m0/s1. The Bertz CT molecular complexity index is 258. The fourth-order valence-corrected chi connectivity index (χ4v) is 1.26. The van der Waals surface area contributed by atoms with E-state index in [0.717, 1.165) is 12.0 Å². The van der Waals surface area contributed by atoms with Crippen molar-refractivity contribution in [2.45, 2.75) is 19.4 Å². The Kier molecular flexibility index (Phi) is 4.43. The number of aromatic hydroxyl groups is 1. The summed E-state index contributed by atoms with van der Waals surface area (Å²) >= 11 is 0. The zero-order valence-corrected chi connectivity index (χ0v) is 8.44. The zero-order valence-electron chi connectivity index (χ0n) is 8.44. The lowest BCUT2D eigenvalue weighted by Gasteiger charge is -2.11. The summed E-state index contributed by atoms with van der Waals surface area (Å²) in [6, 6.07) is 7.12. The fraction of sp³-hybridized carbons (Fsp3) is 0.455. The number of ether oxygens (including phenoxy) is 1. The molecular formula is C11H17NO2. The molecule has 1 aromatic rings. The first kappa shape index (κ1) is 11.0. The summed E-state index contributed by atoms with van der Waals surface area (Å²) < 4.78 is 5.22. The Morgan fingerprint density at radius 3 is 2.57 bits per heavy atom. The lowest BCUT2D eigenvalue weighted by Crippen LogP contribution is -2.28. The third-order valence-corrected chi connectivity index (χ3v) is 1.97. The molecule has 3 N–H and O–H groups in total. The van der Waals surface area contributed by atoms with Crippen molar-refractivity contribution in [1.29, 1.82) is 0 Å². The second-order valence-corrected chi connectivity index (χ2v) is 3.29. The average molecular weight is 195 g/mol. The van der Waals surface area contributed by atoms with Crippen molar-refractivity contribution in [3.8, 4) is 5.75 Å². The van der Waals surface area contributed by atoms with Crippen LogP contribution in [0.3, 0.4) is 0 Å². The van der Waals surface area contributed by atoms with Crippen molar-refractivity contribution < 1.29 is 9.84 Å². The Balaban J connectivity index is 2.39. The maximum atomic E-state index is 9.08. The van der Waals surface area contributed by atoms with E-state index in [1.807, 2.05) is 19.1 Å². The Morgan fingerprint density at radius 1 is 1.36 bits per heavy atom. The third kappa shape index (κ3) is 3.77. The van der Waals surface area contributed by atoms with E-state index in [2.05, 4.69) is 0 Å². The predicted molar refractivity (Wildman–Crippen MR) is 56.3 cm³/mol. The molecule has 0 bridgehead atoms. The molecule has 0 saturated carbocycles. The topological polar surface area (TPSA) is 55.5 Å². The molecule has 0 saturated heterocycles. The van der Waals surface area contributed by atoms with Crippen LogP contribution in [0.25, 0.3) is 0 Å². The van der Waals surface area contributed by atoms with Gasteiger partial charge in [-0.1, -0.05) is 12.1 Å². The van der Waals surface area contributed by atoms with Gasteiger partial charge in [0.25, 0.3) is 0 Å². The predicted octanol–water partition coefficient (Wildman–Crippen LogP) is 1.30. The molecule has 78 valence electrons. The van der Waals surface area contributed by atoms with Crippen LogP contribution in [0, 0.1) is 0 Å². The molecule has 0 aliphatic heterocycles. The van der Waals surface area contributed by atoms with Gasteiger partial charge in [-0.3, -0.25) is 0 Å². The first-order valence-corrected chi connectivity index (χ1v) is 4.83. The zero-order chi connectivity index (χ0) is 10.4. The number of benzene rings is 1. The second-order valence-electron chi connectivity index (χ2n) is 3.29. The molecule has 1 rings (SSSR count). The molecule has 3 heteroatoms. The summed E-state index contributed by atoms with van der Waals surface area (Å²) in [6.07, 6.45) is 0.778. The van der Waals surface area contributed by atoms with Gasteiger partial charge in [0.1, 0.15) is 5.75 Å². The molecule has 0 amide bonds. The average Bonchev–Trinajstić information content (AvgIpc) is 2.18. The summed E-state index contributed by atoms with van der Waals surface area (Å²) in [5.41, 5.74) is 6.96. The van der Waals surface area contributed by atoms with Crippen molar-refractivity contribution in [2.24, 2.45) is 5.73 Å². The van der Waals surface area contributed by atoms with Gasteiger partial charge in [-0.05, 0) is 31.0 Å². The molecule has 0 fully saturated rings. The second kappa shape index (κ2) is 5.62. The van der Waals surface area contributed by atoms with Crippen molar-refractivity contribution in [2.75, 3.05) is 13.2 Å². The van der Waals surface area contributed by atoms with Gasteiger partial charge in [-0.25, -0.2) is 0 Å². The van der Waals surface area contributed by atoms with Gasteiger partial charge in [-0.15, -0.1) is 0 Å². The number of nitrogens with two attached hydrogens (primary N) is 1. The molecule has 1 aromatic carbocycles. The van der Waals surface area contributed by atoms with Crippen molar-refractivity contribution >= 4 is 0 Å². The van der Waals surface area contributed by atoms with E-state index in [4.69, 9.17) is 15.6 Å². The van der Waals surface area contributed by atoms with Gasteiger partial charge < -0.3 is 15.6 Å². The third-order valence-electron chi connectivity index (χ3n) is 1.97. The van der Waals surface area contributed by atoms with Crippen LogP contribution >= 0.6 is 0 Å². The molecule has 0 unspecified atom stereocenters. The van der Waals surface area contributed by atoms with Gasteiger partial charge >= 0.3 is 0 Å². The van der Waals surface area contributed by atoms with Crippen LogP contribution in [-0.2, 0) is 11.2 Å². The van der Waals surface area contributed by atoms with Gasteiger partial charge in [0.15, 0.2) is 0 Å². The van der Waals surface area contributed by atoms with E-state index in [0.29, 0.717) is 13.2 Å². The van der Waals surface area contributed by atoms with Crippen molar-refractivity contribution in [3.63, 3.8) is 0 Å². The summed E-state index contributed by atoms with van der Waals surface area (Å²) in [6.45, 7) is 3.23. The first-order valence-electron chi connectivity index (χ1n) is 4.83. The van der Waals surface area contributed by atoms with Gasteiger partial charge in [0.2, 0.25) is 0 Å². The molecule has 0 radical (unpaired) electrons. The summed E-state index contributed by atoms with van der Waals surface area (Å²) in [5.74, 6) is 0.284. The van der Waals surface area contributed by atoms with E-state index < -0.39 is 0 Å². The van der Waals surface area contributed by atoms with Crippen LogP contribution in [0.2, 0.25) is 0 Å². The minimum Gasteiger partial charge on any atom is -0.508 e. The molecule has 3 nitrogen and oxygen atoms in total. The minimum atomic E-state index is 0.0273. The summed E-state index contributed by atoms with van der Waals surface area (Å²) in [4.78, 5) is 0. The Hall–Kier alpha value is -1.06. The van der Waals surface area contributed by atoms with E-state index >= 15 is 0 Å². The highest BCUT2D eigenvalue weighted by atomic mass is 16.5. The number of phenols is 1. The molecule has 0 aliphatic rings. The molecule has 0 aromatic heterocycles. The Morgan fingerprint density at radius 2 is 2.00 bits per heavy atom. The molecule has 1 atom stereocenters. The highest BCUT2D eigenvalue weighted by Crippen LogP contribution is 2.10.